The van der Waals surface area contributed by atoms with E-state index < -0.39 is 0 Å². The summed E-state index contributed by atoms with van der Waals surface area (Å²) in [5.41, 5.74) is 1.14. The molecule has 0 spiro atoms. The van der Waals surface area contributed by atoms with Gasteiger partial charge in [0.25, 0.3) is 0 Å². The van der Waals surface area contributed by atoms with E-state index in [1.54, 1.807) is 0 Å². The molecule has 2 unspecified atom stereocenters. The molecule has 1 N–H and O–H groups in total. The van der Waals surface area contributed by atoms with Crippen molar-refractivity contribution in [2.45, 2.75) is 58.9 Å². The summed E-state index contributed by atoms with van der Waals surface area (Å²) in [6.45, 7) is 7.62. The summed E-state index contributed by atoms with van der Waals surface area (Å²) < 4.78 is 11.3. The molecule has 0 amide bonds. The summed E-state index contributed by atoms with van der Waals surface area (Å²) in [5.74, 6) is 2.55. The largest absolute Gasteiger partial charge is 0.490 e. The highest BCUT2D eigenvalue weighted by Crippen LogP contribution is 2.33. The van der Waals surface area contributed by atoms with Gasteiger partial charge in [0.05, 0.1) is 13.2 Å². The molecule has 3 nitrogen and oxygen atoms in total. The molecule has 21 heavy (non-hydrogen) atoms. The molecule has 0 aromatic heterocycles. The van der Waals surface area contributed by atoms with E-state index in [4.69, 9.17) is 9.47 Å². The van der Waals surface area contributed by atoms with Crippen molar-refractivity contribution < 1.29 is 9.47 Å². The number of anilines is 1. The third kappa shape index (κ3) is 4.55. The van der Waals surface area contributed by atoms with E-state index in [2.05, 4.69) is 24.4 Å². The zero-order valence-corrected chi connectivity index (χ0v) is 13.7. The van der Waals surface area contributed by atoms with E-state index >= 15 is 0 Å². The van der Waals surface area contributed by atoms with Crippen LogP contribution in [0.3, 0.4) is 0 Å². The van der Waals surface area contributed by atoms with Gasteiger partial charge in [-0.2, -0.15) is 0 Å². The standard InChI is InChI=1S/C18H29NO2/c1-4-14-8-7-9-15(12-14)19-16-10-11-17(20-5-2)18(13-16)21-6-3/h10-11,13-15,19H,4-9,12H2,1-3H3. The van der Waals surface area contributed by atoms with Crippen molar-refractivity contribution in [2.24, 2.45) is 5.92 Å². The lowest BCUT2D eigenvalue weighted by Crippen LogP contribution is -2.27. The predicted octanol–water partition coefficient (Wildman–Crippen LogP) is 4.86. The second kappa shape index (κ2) is 8.16. The van der Waals surface area contributed by atoms with Gasteiger partial charge in [0.2, 0.25) is 0 Å². The Labute approximate surface area is 129 Å². The van der Waals surface area contributed by atoms with Gasteiger partial charge in [-0.1, -0.05) is 26.2 Å². The molecule has 1 aliphatic carbocycles. The van der Waals surface area contributed by atoms with Crippen LogP contribution in [-0.2, 0) is 0 Å². The molecule has 118 valence electrons. The van der Waals surface area contributed by atoms with Gasteiger partial charge < -0.3 is 14.8 Å². The molecule has 1 saturated carbocycles. The minimum Gasteiger partial charge on any atom is -0.490 e. The molecule has 0 saturated heterocycles. The van der Waals surface area contributed by atoms with Crippen LogP contribution >= 0.6 is 0 Å². The quantitative estimate of drug-likeness (QED) is 0.778. The second-order valence-corrected chi connectivity index (χ2v) is 5.81. The number of benzene rings is 1. The first kappa shape index (κ1) is 16.0. The average Bonchev–Trinajstić information content (AvgIpc) is 2.50. The maximum Gasteiger partial charge on any atom is 0.163 e. The lowest BCUT2D eigenvalue weighted by molar-refractivity contribution is 0.288. The summed E-state index contributed by atoms with van der Waals surface area (Å²) in [5, 5.41) is 3.68. The molecule has 0 heterocycles. The molecule has 1 aromatic rings. The van der Waals surface area contributed by atoms with Crippen LogP contribution in [0.2, 0.25) is 0 Å². The van der Waals surface area contributed by atoms with Crippen LogP contribution in [0.25, 0.3) is 0 Å². The van der Waals surface area contributed by atoms with E-state index in [9.17, 15) is 0 Å². The lowest BCUT2D eigenvalue weighted by atomic mass is 9.84. The van der Waals surface area contributed by atoms with Gasteiger partial charge in [0.15, 0.2) is 11.5 Å². The summed E-state index contributed by atoms with van der Waals surface area (Å²) in [7, 11) is 0. The van der Waals surface area contributed by atoms with E-state index in [1.807, 2.05) is 19.9 Å². The highest BCUT2D eigenvalue weighted by atomic mass is 16.5. The van der Waals surface area contributed by atoms with E-state index in [-0.39, 0.29) is 0 Å². The van der Waals surface area contributed by atoms with Crippen LogP contribution in [0.15, 0.2) is 18.2 Å². The molecule has 1 aliphatic rings. The number of rotatable bonds is 7. The summed E-state index contributed by atoms with van der Waals surface area (Å²) in [6.07, 6.45) is 6.58. The Kier molecular flexibility index (Phi) is 6.21. The Balaban J connectivity index is 2.03. The Hall–Kier alpha value is -1.38. The van der Waals surface area contributed by atoms with Gasteiger partial charge in [0.1, 0.15) is 0 Å². The van der Waals surface area contributed by atoms with Crippen LogP contribution in [0.5, 0.6) is 11.5 Å². The first-order valence-corrected chi connectivity index (χ1v) is 8.42. The number of hydrogen-bond donors (Lipinski definition) is 1. The van der Waals surface area contributed by atoms with Crippen molar-refractivity contribution in [3.05, 3.63) is 18.2 Å². The average molecular weight is 291 g/mol. The molecule has 1 aromatic carbocycles. The summed E-state index contributed by atoms with van der Waals surface area (Å²) >= 11 is 0. The molecule has 1 fully saturated rings. The van der Waals surface area contributed by atoms with Crippen LogP contribution < -0.4 is 14.8 Å². The summed E-state index contributed by atoms with van der Waals surface area (Å²) in [4.78, 5) is 0. The number of nitrogens with one attached hydrogen (secondary N) is 1. The topological polar surface area (TPSA) is 30.5 Å². The molecular formula is C18H29NO2. The Bertz CT molecular complexity index is 433. The fourth-order valence-electron chi connectivity index (χ4n) is 3.17. The molecule has 2 rings (SSSR count). The van der Waals surface area contributed by atoms with Gasteiger partial charge in [0, 0.05) is 17.8 Å². The van der Waals surface area contributed by atoms with Crippen LogP contribution in [0.4, 0.5) is 5.69 Å². The molecule has 0 aliphatic heterocycles. The van der Waals surface area contributed by atoms with Crippen molar-refractivity contribution in [1.82, 2.24) is 0 Å². The van der Waals surface area contributed by atoms with E-state index in [0.29, 0.717) is 19.3 Å². The van der Waals surface area contributed by atoms with Gasteiger partial charge in [-0.3, -0.25) is 0 Å². The van der Waals surface area contributed by atoms with Crippen molar-refractivity contribution >= 4 is 5.69 Å². The third-order valence-corrected chi connectivity index (χ3v) is 4.27. The van der Waals surface area contributed by atoms with Crippen LogP contribution in [-0.4, -0.2) is 19.3 Å². The molecule has 2 atom stereocenters. The smallest absolute Gasteiger partial charge is 0.163 e. The van der Waals surface area contributed by atoms with Crippen molar-refractivity contribution in [3.63, 3.8) is 0 Å². The first-order valence-electron chi connectivity index (χ1n) is 8.42. The first-order chi connectivity index (χ1) is 10.3. The predicted molar refractivity (Wildman–Crippen MR) is 88.4 cm³/mol. The highest BCUT2D eigenvalue weighted by Gasteiger charge is 2.20. The molecule has 0 bridgehead atoms. The highest BCUT2D eigenvalue weighted by molar-refractivity contribution is 5.55. The van der Waals surface area contributed by atoms with Gasteiger partial charge >= 0.3 is 0 Å². The van der Waals surface area contributed by atoms with Crippen molar-refractivity contribution in [1.29, 1.82) is 0 Å². The van der Waals surface area contributed by atoms with Gasteiger partial charge in [-0.05, 0) is 44.7 Å². The Morgan fingerprint density at radius 3 is 2.52 bits per heavy atom. The van der Waals surface area contributed by atoms with Gasteiger partial charge in [-0.25, -0.2) is 0 Å². The summed E-state index contributed by atoms with van der Waals surface area (Å²) in [6, 6.07) is 6.78. The second-order valence-electron chi connectivity index (χ2n) is 5.81. The van der Waals surface area contributed by atoms with Crippen LogP contribution in [0.1, 0.15) is 52.9 Å². The SMILES string of the molecule is CCOc1ccc(NC2CCCC(CC)C2)cc1OCC. The zero-order valence-electron chi connectivity index (χ0n) is 13.7. The zero-order chi connectivity index (χ0) is 15.1. The molecule has 0 radical (unpaired) electrons. The number of ether oxygens (including phenoxy) is 2. The minimum absolute atomic E-state index is 0.594. The van der Waals surface area contributed by atoms with Gasteiger partial charge in [-0.15, -0.1) is 0 Å². The Morgan fingerprint density at radius 1 is 1.05 bits per heavy atom. The normalized spacial score (nSPS) is 21.9. The molecular weight excluding hydrogens is 262 g/mol. The molecule has 3 heteroatoms. The fourth-order valence-corrected chi connectivity index (χ4v) is 3.17. The monoisotopic (exact) mass is 291 g/mol. The minimum atomic E-state index is 0.594. The van der Waals surface area contributed by atoms with E-state index in [1.165, 1.54) is 32.1 Å². The Morgan fingerprint density at radius 2 is 1.81 bits per heavy atom. The maximum absolute atomic E-state index is 5.70. The van der Waals surface area contributed by atoms with E-state index in [0.717, 1.165) is 23.1 Å². The fraction of sp³-hybridized carbons (Fsp3) is 0.667. The van der Waals surface area contributed by atoms with Crippen molar-refractivity contribution in [2.75, 3.05) is 18.5 Å². The lowest BCUT2D eigenvalue weighted by Gasteiger charge is -2.30. The maximum atomic E-state index is 5.70. The van der Waals surface area contributed by atoms with Crippen LogP contribution in [0, 0.1) is 5.92 Å². The third-order valence-electron chi connectivity index (χ3n) is 4.27. The van der Waals surface area contributed by atoms with Crippen molar-refractivity contribution in [3.8, 4) is 11.5 Å². The number of hydrogen-bond acceptors (Lipinski definition) is 3.